The summed E-state index contributed by atoms with van der Waals surface area (Å²) in [6.07, 6.45) is 1.04. The molecule has 1 aromatic rings. The summed E-state index contributed by atoms with van der Waals surface area (Å²) in [5.41, 5.74) is 0.856. The molecule has 1 rings (SSSR count). The highest BCUT2D eigenvalue weighted by Crippen LogP contribution is 2.11. The van der Waals surface area contributed by atoms with Gasteiger partial charge in [0.25, 0.3) is 0 Å². The molecule has 0 aliphatic rings. The Hall–Kier alpha value is -2.15. The van der Waals surface area contributed by atoms with E-state index in [0.29, 0.717) is 11.1 Å². The lowest BCUT2D eigenvalue weighted by Crippen LogP contribution is -2.03. The third-order valence-electron chi connectivity index (χ3n) is 1.78. The zero-order valence-corrected chi connectivity index (χ0v) is 8.74. The molecule has 0 unspecified atom stereocenters. The fraction of sp³-hybridized carbons (Fsp3) is 0.167. The van der Waals surface area contributed by atoms with Crippen molar-refractivity contribution in [3.05, 3.63) is 41.2 Å². The standard InChI is InChI=1S/C12H10FNO2/c1-2-16-12(15)11(13)7-9-4-3-5-10(6-9)8-14/h3-7H,2H2,1H3/b11-7-. The quantitative estimate of drug-likeness (QED) is 0.579. The SMILES string of the molecule is CCOC(=O)/C(F)=C/c1cccc(C#N)c1. The van der Waals surface area contributed by atoms with Gasteiger partial charge in [-0.05, 0) is 30.7 Å². The molecular formula is C12H10FNO2. The Morgan fingerprint density at radius 2 is 2.38 bits per heavy atom. The topological polar surface area (TPSA) is 50.1 Å². The molecule has 3 nitrogen and oxygen atoms in total. The summed E-state index contributed by atoms with van der Waals surface area (Å²) < 4.78 is 17.7. The van der Waals surface area contributed by atoms with Crippen LogP contribution >= 0.6 is 0 Å². The van der Waals surface area contributed by atoms with Gasteiger partial charge in [-0.25, -0.2) is 4.79 Å². The Balaban J connectivity index is 2.90. The van der Waals surface area contributed by atoms with E-state index in [9.17, 15) is 9.18 Å². The van der Waals surface area contributed by atoms with E-state index in [1.165, 1.54) is 6.07 Å². The van der Waals surface area contributed by atoms with Crippen molar-refractivity contribution >= 4 is 12.0 Å². The molecule has 16 heavy (non-hydrogen) atoms. The van der Waals surface area contributed by atoms with Gasteiger partial charge < -0.3 is 4.74 Å². The number of rotatable bonds is 3. The molecule has 0 aliphatic carbocycles. The van der Waals surface area contributed by atoms with E-state index in [0.717, 1.165) is 6.08 Å². The first kappa shape index (κ1) is 11.9. The minimum atomic E-state index is -0.995. The summed E-state index contributed by atoms with van der Waals surface area (Å²) in [7, 11) is 0. The van der Waals surface area contributed by atoms with Crippen molar-refractivity contribution in [2.75, 3.05) is 6.61 Å². The fourth-order valence-corrected chi connectivity index (χ4v) is 1.10. The van der Waals surface area contributed by atoms with Crippen LogP contribution < -0.4 is 0 Å². The van der Waals surface area contributed by atoms with Crippen molar-refractivity contribution < 1.29 is 13.9 Å². The van der Waals surface area contributed by atoms with Gasteiger partial charge in [0.1, 0.15) is 0 Å². The van der Waals surface area contributed by atoms with E-state index in [1.54, 1.807) is 25.1 Å². The molecule has 0 amide bonds. The number of esters is 1. The van der Waals surface area contributed by atoms with Crippen molar-refractivity contribution in [3.8, 4) is 6.07 Å². The zero-order chi connectivity index (χ0) is 12.0. The van der Waals surface area contributed by atoms with Crippen LogP contribution in [0, 0.1) is 11.3 Å². The van der Waals surface area contributed by atoms with Crippen LogP contribution in [0.3, 0.4) is 0 Å². The van der Waals surface area contributed by atoms with Crippen molar-refractivity contribution in [3.63, 3.8) is 0 Å². The smallest absolute Gasteiger partial charge is 0.367 e. The maximum atomic E-state index is 13.2. The second kappa shape index (κ2) is 5.66. The highest BCUT2D eigenvalue weighted by Gasteiger charge is 2.09. The van der Waals surface area contributed by atoms with Crippen LogP contribution in [-0.4, -0.2) is 12.6 Å². The van der Waals surface area contributed by atoms with Crippen LogP contribution in [0.1, 0.15) is 18.1 Å². The van der Waals surface area contributed by atoms with Crippen LogP contribution in [0.15, 0.2) is 30.1 Å². The van der Waals surface area contributed by atoms with E-state index < -0.39 is 11.8 Å². The first-order valence-electron chi connectivity index (χ1n) is 4.72. The summed E-state index contributed by atoms with van der Waals surface area (Å²) in [6.45, 7) is 1.72. The summed E-state index contributed by atoms with van der Waals surface area (Å²) >= 11 is 0. The molecule has 0 saturated heterocycles. The molecule has 0 aliphatic heterocycles. The van der Waals surface area contributed by atoms with Crippen molar-refractivity contribution in [2.45, 2.75) is 6.92 Å². The van der Waals surface area contributed by atoms with Crippen LogP contribution in [-0.2, 0) is 9.53 Å². The molecule has 0 spiro atoms. The van der Waals surface area contributed by atoms with Gasteiger partial charge in [-0.2, -0.15) is 9.65 Å². The normalized spacial score (nSPS) is 10.7. The predicted molar refractivity (Wildman–Crippen MR) is 56.9 cm³/mol. The summed E-state index contributed by atoms with van der Waals surface area (Å²) in [5.74, 6) is -1.97. The van der Waals surface area contributed by atoms with E-state index in [-0.39, 0.29) is 6.61 Å². The van der Waals surface area contributed by atoms with Crippen LogP contribution in [0.2, 0.25) is 0 Å². The monoisotopic (exact) mass is 219 g/mol. The number of hydrogen-bond donors (Lipinski definition) is 0. The van der Waals surface area contributed by atoms with Crippen LogP contribution in [0.5, 0.6) is 0 Å². The first-order valence-corrected chi connectivity index (χ1v) is 4.72. The minimum Gasteiger partial charge on any atom is -0.461 e. The predicted octanol–water partition coefficient (Wildman–Crippen LogP) is 2.43. The lowest BCUT2D eigenvalue weighted by Gasteiger charge is -1.98. The number of ether oxygens (including phenoxy) is 1. The Labute approximate surface area is 92.8 Å². The van der Waals surface area contributed by atoms with Gasteiger partial charge in [-0.3, -0.25) is 0 Å². The number of halogens is 1. The second-order valence-corrected chi connectivity index (χ2v) is 2.95. The van der Waals surface area contributed by atoms with Crippen molar-refractivity contribution in [1.82, 2.24) is 0 Å². The van der Waals surface area contributed by atoms with E-state index in [2.05, 4.69) is 4.74 Å². The number of nitrogens with zero attached hydrogens (tertiary/aromatic N) is 1. The number of benzene rings is 1. The van der Waals surface area contributed by atoms with Gasteiger partial charge in [0, 0.05) is 0 Å². The fourth-order valence-electron chi connectivity index (χ4n) is 1.10. The highest BCUT2D eigenvalue weighted by atomic mass is 19.1. The Morgan fingerprint density at radius 3 is 3.00 bits per heavy atom. The molecule has 0 atom stereocenters. The third-order valence-corrected chi connectivity index (χ3v) is 1.78. The number of nitriles is 1. The van der Waals surface area contributed by atoms with E-state index in [1.807, 2.05) is 6.07 Å². The molecule has 0 fully saturated rings. The molecule has 0 heterocycles. The number of carbonyl (C=O) groups excluding carboxylic acids is 1. The third kappa shape index (κ3) is 3.21. The van der Waals surface area contributed by atoms with Gasteiger partial charge in [0.05, 0.1) is 18.2 Å². The van der Waals surface area contributed by atoms with Gasteiger partial charge >= 0.3 is 5.97 Å². The average Bonchev–Trinajstić information content (AvgIpc) is 2.29. The molecule has 0 radical (unpaired) electrons. The molecule has 1 aromatic carbocycles. The molecule has 82 valence electrons. The van der Waals surface area contributed by atoms with Crippen LogP contribution in [0.4, 0.5) is 4.39 Å². The van der Waals surface area contributed by atoms with Gasteiger partial charge in [0.15, 0.2) is 0 Å². The van der Waals surface area contributed by atoms with Gasteiger partial charge in [-0.1, -0.05) is 12.1 Å². The highest BCUT2D eigenvalue weighted by molar-refractivity contribution is 5.91. The minimum absolute atomic E-state index is 0.123. The summed E-state index contributed by atoms with van der Waals surface area (Å²) in [6, 6.07) is 8.22. The lowest BCUT2D eigenvalue weighted by atomic mass is 10.1. The van der Waals surface area contributed by atoms with Gasteiger partial charge in [-0.15, -0.1) is 0 Å². The Bertz CT molecular complexity index is 460. The molecule has 0 bridgehead atoms. The largest absolute Gasteiger partial charge is 0.461 e. The molecular weight excluding hydrogens is 209 g/mol. The number of carbonyl (C=O) groups is 1. The molecule has 0 N–H and O–H groups in total. The molecule has 0 aromatic heterocycles. The first-order chi connectivity index (χ1) is 7.67. The van der Waals surface area contributed by atoms with Gasteiger partial charge in [0.2, 0.25) is 5.83 Å². The van der Waals surface area contributed by atoms with Crippen molar-refractivity contribution in [1.29, 1.82) is 5.26 Å². The van der Waals surface area contributed by atoms with Crippen molar-refractivity contribution in [2.24, 2.45) is 0 Å². The lowest BCUT2D eigenvalue weighted by molar-refractivity contribution is -0.140. The Kier molecular flexibility index (Phi) is 4.22. The summed E-state index contributed by atoms with van der Waals surface area (Å²) in [4.78, 5) is 11.0. The average molecular weight is 219 g/mol. The second-order valence-electron chi connectivity index (χ2n) is 2.95. The molecule has 0 saturated carbocycles. The maximum absolute atomic E-state index is 13.2. The number of hydrogen-bond acceptors (Lipinski definition) is 3. The van der Waals surface area contributed by atoms with Crippen LogP contribution in [0.25, 0.3) is 6.08 Å². The maximum Gasteiger partial charge on any atom is 0.367 e. The Morgan fingerprint density at radius 1 is 1.62 bits per heavy atom. The summed E-state index contributed by atoms with van der Waals surface area (Å²) in [5, 5.41) is 8.63. The molecule has 4 heteroatoms. The van der Waals surface area contributed by atoms with E-state index >= 15 is 0 Å². The van der Waals surface area contributed by atoms with E-state index in [4.69, 9.17) is 5.26 Å². The zero-order valence-electron chi connectivity index (χ0n) is 8.74.